The zero-order valence-corrected chi connectivity index (χ0v) is 13.6. The van der Waals surface area contributed by atoms with Gasteiger partial charge in [0.25, 0.3) is 0 Å². The Labute approximate surface area is 137 Å². The quantitative estimate of drug-likeness (QED) is 0.826. The molecule has 0 radical (unpaired) electrons. The Balaban J connectivity index is 1.91. The summed E-state index contributed by atoms with van der Waals surface area (Å²) in [4.78, 5) is 12.1. The number of carbonyl (C=O) groups is 1. The lowest BCUT2D eigenvalue weighted by Gasteiger charge is -2.23. The van der Waals surface area contributed by atoms with Gasteiger partial charge in [0.15, 0.2) is 0 Å². The van der Waals surface area contributed by atoms with Gasteiger partial charge in [-0.05, 0) is 23.6 Å². The normalized spacial score (nSPS) is 13.3. The lowest BCUT2D eigenvalue weighted by molar-refractivity contribution is -0.126. The van der Waals surface area contributed by atoms with Crippen molar-refractivity contribution in [2.24, 2.45) is 0 Å². The first-order chi connectivity index (χ1) is 11.0. The molecule has 122 valence electrons. The standard InChI is InChI=1S/C19H23NO3/c1-19(22,17-9-4-3-5-10-17)12-18(21)20-13-15-7-6-8-16(11-15)14-23-2/h3-11,22H,12-14H2,1-2H3,(H,20,21). The molecule has 2 N–H and O–H groups in total. The van der Waals surface area contributed by atoms with Crippen molar-refractivity contribution in [3.8, 4) is 0 Å². The van der Waals surface area contributed by atoms with Crippen molar-refractivity contribution in [2.45, 2.75) is 32.1 Å². The van der Waals surface area contributed by atoms with Crippen LogP contribution >= 0.6 is 0 Å². The molecular formula is C19H23NO3. The molecule has 0 aliphatic carbocycles. The lowest BCUT2D eigenvalue weighted by atomic mass is 9.92. The number of hydrogen-bond donors (Lipinski definition) is 2. The zero-order chi connectivity index (χ0) is 16.7. The van der Waals surface area contributed by atoms with E-state index in [2.05, 4.69) is 5.32 Å². The Bertz CT molecular complexity index is 638. The highest BCUT2D eigenvalue weighted by molar-refractivity contribution is 5.77. The highest BCUT2D eigenvalue weighted by Gasteiger charge is 2.26. The van der Waals surface area contributed by atoms with E-state index in [0.29, 0.717) is 13.2 Å². The summed E-state index contributed by atoms with van der Waals surface area (Å²) in [5, 5.41) is 13.3. The molecule has 2 aromatic carbocycles. The number of carbonyl (C=O) groups excluding carboxylic acids is 1. The minimum atomic E-state index is -1.18. The molecule has 4 heteroatoms. The van der Waals surface area contributed by atoms with E-state index in [1.807, 2.05) is 54.6 Å². The van der Waals surface area contributed by atoms with E-state index in [9.17, 15) is 9.90 Å². The van der Waals surface area contributed by atoms with E-state index in [1.165, 1.54) is 0 Å². The SMILES string of the molecule is COCc1cccc(CNC(=O)CC(C)(O)c2ccccc2)c1. The molecule has 1 atom stereocenters. The van der Waals surface area contributed by atoms with Crippen LogP contribution in [0.2, 0.25) is 0 Å². The molecule has 0 saturated heterocycles. The predicted octanol–water partition coefficient (Wildman–Crippen LogP) is 2.75. The highest BCUT2D eigenvalue weighted by atomic mass is 16.5. The number of rotatable bonds is 7. The summed E-state index contributed by atoms with van der Waals surface area (Å²) in [5.74, 6) is -0.184. The van der Waals surface area contributed by atoms with Crippen molar-refractivity contribution in [2.75, 3.05) is 7.11 Å². The number of aliphatic hydroxyl groups is 1. The van der Waals surface area contributed by atoms with Gasteiger partial charge in [0.2, 0.25) is 5.91 Å². The van der Waals surface area contributed by atoms with Crippen LogP contribution in [0.5, 0.6) is 0 Å². The van der Waals surface area contributed by atoms with Crippen LogP contribution in [0.4, 0.5) is 0 Å². The van der Waals surface area contributed by atoms with Gasteiger partial charge in [0, 0.05) is 13.7 Å². The van der Waals surface area contributed by atoms with E-state index in [4.69, 9.17) is 4.74 Å². The monoisotopic (exact) mass is 313 g/mol. The Kier molecular flexibility index (Phi) is 5.90. The van der Waals surface area contributed by atoms with Crippen molar-refractivity contribution < 1.29 is 14.6 Å². The fourth-order valence-corrected chi connectivity index (χ4v) is 2.47. The van der Waals surface area contributed by atoms with E-state index in [-0.39, 0.29) is 12.3 Å². The first-order valence-electron chi connectivity index (χ1n) is 7.62. The average Bonchev–Trinajstić information content (AvgIpc) is 2.54. The maximum atomic E-state index is 12.1. The fraction of sp³-hybridized carbons (Fsp3) is 0.316. The first kappa shape index (κ1) is 17.2. The summed E-state index contributed by atoms with van der Waals surface area (Å²) in [5.41, 5.74) is 1.63. The van der Waals surface area contributed by atoms with Gasteiger partial charge >= 0.3 is 0 Å². The summed E-state index contributed by atoms with van der Waals surface area (Å²) >= 11 is 0. The van der Waals surface area contributed by atoms with Gasteiger partial charge in [0.05, 0.1) is 18.6 Å². The smallest absolute Gasteiger partial charge is 0.223 e. The molecule has 0 bridgehead atoms. The minimum Gasteiger partial charge on any atom is -0.385 e. The fourth-order valence-electron chi connectivity index (χ4n) is 2.47. The molecular weight excluding hydrogens is 290 g/mol. The predicted molar refractivity (Wildman–Crippen MR) is 89.6 cm³/mol. The van der Waals surface area contributed by atoms with Gasteiger partial charge < -0.3 is 15.2 Å². The van der Waals surface area contributed by atoms with Gasteiger partial charge in [-0.3, -0.25) is 4.79 Å². The third kappa shape index (κ3) is 5.20. The van der Waals surface area contributed by atoms with E-state index >= 15 is 0 Å². The molecule has 0 aliphatic heterocycles. The number of amides is 1. The van der Waals surface area contributed by atoms with Gasteiger partial charge in [-0.25, -0.2) is 0 Å². The van der Waals surface area contributed by atoms with Crippen molar-refractivity contribution in [3.63, 3.8) is 0 Å². The molecule has 0 heterocycles. The van der Waals surface area contributed by atoms with Crippen LogP contribution in [-0.2, 0) is 28.3 Å². The molecule has 1 amide bonds. The lowest BCUT2D eigenvalue weighted by Crippen LogP contribution is -2.32. The van der Waals surface area contributed by atoms with E-state index < -0.39 is 5.60 Å². The average molecular weight is 313 g/mol. The van der Waals surface area contributed by atoms with Gasteiger partial charge in [-0.2, -0.15) is 0 Å². The molecule has 0 aromatic heterocycles. The van der Waals surface area contributed by atoms with Crippen LogP contribution in [0.15, 0.2) is 54.6 Å². The molecule has 1 unspecified atom stereocenters. The summed E-state index contributed by atoms with van der Waals surface area (Å²) in [6.45, 7) is 2.63. The number of benzene rings is 2. The second-order valence-corrected chi connectivity index (χ2v) is 5.85. The Morgan fingerprint density at radius 2 is 1.83 bits per heavy atom. The van der Waals surface area contributed by atoms with E-state index in [0.717, 1.165) is 16.7 Å². The third-order valence-electron chi connectivity index (χ3n) is 3.69. The van der Waals surface area contributed by atoms with Crippen LogP contribution in [0.25, 0.3) is 0 Å². The maximum Gasteiger partial charge on any atom is 0.223 e. The van der Waals surface area contributed by atoms with Crippen LogP contribution in [0.3, 0.4) is 0 Å². The molecule has 0 fully saturated rings. The minimum absolute atomic E-state index is 0.0226. The number of methoxy groups -OCH3 is 1. The highest BCUT2D eigenvalue weighted by Crippen LogP contribution is 2.23. The van der Waals surface area contributed by atoms with Crippen molar-refractivity contribution in [1.29, 1.82) is 0 Å². The third-order valence-corrected chi connectivity index (χ3v) is 3.69. The van der Waals surface area contributed by atoms with Crippen molar-refractivity contribution >= 4 is 5.91 Å². The molecule has 0 aliphatic rings. The number of hydrogen-bond acceptors (Lipinski definition) is 3. The maximum absolute atomic E-state index is 12.1. The summed E-state index contributed by atoms with van der Waals surface area (Å²) in [6, 6.07) is 17.1. The number of ether oxygens (including phenoxy) is 1. The summed E-state index contributed by atoms with van der Waals surface area (Å²) in [7, 11) is 1.65. The first-order valence-corrected chi connectivity index (χ1v) is 7.62. The molecule has 2 aromatic rings. The molecule has 23 heavy (non-hydrogen) atoms. The van der Waals surface area contributed by atoms with Gasteiger partial charge in [-0.15, -0.1) is 0 Å². The van der Waals surface area contributed by atoms with Crippen LogP contribution in [-0.4, -0.2) is 18.1 Å². The molecule has 4 nitrogen and oxygen atoms in total. The Hall–Kier alpha value is -2.17. The van der Waals surface area contributed by atoms with Crippen molar-refractivity contribution in [3.05, 3.63) is 71.3 Å². The van der Waals surface area contributed by atoms with Crippen LogP contribution < -0.4 is 5.32 Å². The summed E-state index contributed by atoms with van der Waals surface area (Å²) in [6.07, 6.45) is 0.0226. The molecule has 2 rings (SSSR count). The Morgan fingerprint density at radius 1 is 1.13 bits per heavy atom. The van der Waals surface area contributed by atoms with Gasteiger partial charge in [-0.1, -0.05) is 54.6 Å². The Morgan fingerprint density at radius 3 is 2.52 bits per heavy atom. The zero-order valence-electron chi connectivity index (χ0n) is 13.6. The second-order valence-electron chi connectivity index (χ2n) is 5.85. The van der Waals surface area contributed by atoms with Gasteiger partial charge in [0.1, 0.15) is 0 Å². The summed E-state index contributed by atoms with van der Waals surface area (Å²) < 4.78 is 5.10. The largest absolute Gasteiger partial charge is 0.385 e. The van der Waals surface area contributed by atoms with E-state index in [1.54, 1.807) is 14.0 Å². The van der Waals surface area contributed by atoms with Crippen LogP contribution in [0.1, 0.15) is 30.0 Å². The molecule has 0 spiro atoms. The van der Waals surface area contributed by atoms with Crippen LogP contribution in [0, 0.1) is 0 Å². The second kappa shape index (κ2) is 7.90. The molecule has 0 saturated carbocycles. The number of nitrogens with one attached hydrogen (secondary N) is 1. The topological polar surface area (TPSA) is 58.6 Å². The van der Waals surface area contributed by atoms with Crippen molar-refractivity contribution in [1.82, 2.24) is 5.32 Å².